The Hall–Kier alpha value is -1.78. The van der Waals surface area contributed by atoms with Gasteiger partial charge in [-0.2, -0.15) is 0 Å². The van der Waals surface area contributed by atoms with Gasteiger partial charge in [0.15, 0.2) is 12.0 Å². The first-order chi connectivity index (χ1) is 18.4. The summed E-state index contributed by atoms with van der Waals surface area (Å²) in [7, 11) is 1.59. The predicted octanol–water partition coefficient (Wildman–Crippen LogP) is 3.12. The highest BCUT2D eigenvalue weighted by atomic mass is 16.7. The number of hydrogen-bond acceptors (Lipinski definition) is 9. The van der Waals surface area contributed by atoms with Crippen LogP contribution in [0.1, 0.15) is 72.1 Å². The number of cyclic esters (lactones) is 1. The van der Waals surface area contributed by atoms with Gasteiger partial charge in [-0.3, -0.25) is 4.79 Å². The Morgan fingerprint density at radius 3 is 2.51 bits per heavy atom. The fourth-order valence-electron chi connectivity index (χ4n) is 9.26. The van der Waals surface area contributed by atoms with Crippen LogP contribution in [0.25, 0.3) is 0 Å². The number of fused-ring (bicyclic) bond motifs is 5. The molecule has 3 saturated carbocycles. The summed E-state index contributed by atoms with van der Waals surface area (Å²) in [6, 6.07) is 0. The monoisotopic (exact) mass is 546 g/mol. The molecule has 9 nitrogen and oxygen atoms in total. The minimum atomic E-state index is -1.29. The molecule has 4 aliphatic carbocycles. The minimum Gasteiger partial charge on any atom is -0.504 e. The maximum absolute atomic E-state index is 14.0. The van der Waals surface area contributed by atoms with Crippen molar-refractivity contribution in [2.75, 3.05) is 13.7 Å². The molecule has 2 unspecified atom stereocenters. The molecule has 216 valence electrons. The molecular formula is C30H42O9. The number of Topliss-reactive ketones (excluding diaryl/α,β-unsaturated/α-hetero) is 1. The third kappa shape index (κ3) is 3.83. The van der Waals surface area contributed by atoms with Crippen LogP contribution in [0.15, 0.2) is 23.0 Å². The van der Waals surface area contributed by atoms with Gasteiger partial charge in [0.25, 0.3) is 0 Å². The van der Waals surface area contributed by atoms with Crippen molar-refractivity contribution in [2.45, 2.75) is 108 Å². The number of allylic oxidation sites excluding steroid dienone is 1. The van der Waals surface area contributed by atoms with Crippen LogP contribution in [0.5, 0.6) is 0 Å². The lowest BCUT2D eigenvalue weighted by atomic mass is 9.46. The Balaban J connectivity index is 1.25. The molecule has 11 atom stereocenters. The lowest BCUT2D eigenvalue weighted by Crippen LogP contribution is -2.63. The van der Waals surface area contributed by atoms with Gasteiger partial charge < -0.3 is 34.3 Å². The zero-order chi connectivity index (χ0) is 27.9. The standard InChI is InChI=1S/C30H42O9/c1-15-25(32)21(36-4)13-23(38-15)39-18-7-9-28(2)17(12-18)5-6-20-24(28)26(33)27(34)29(3)19(8-10-30(20,29)35)16-11-22(31)37-14-16/h11,15,17-21,23,25,32-33,35H,5-10,12-14H2,1-4H3/t15-,17?,18-,19+,20?,21-,23-,25-,28-,29-,30-/m0/s1. The Kier molecular flexibility index (Phi) is 6.59. The van der Waals surface area contributed by atoms with E-state index in [-0.39, 0.29) is 48.4 Å². The topological polar surface area (TPSA) is 132 Å². The smallest absolute Gasteiger partial charge is 0.331 e. The van der Waals surface area contributed by atoms with E-state index in [1.165, 1.54) is 6.08 Å². The van der Waals surface area contributed by atoms with Gasteiger partial charge in [0.1, 0.15) is 12.7 Å². The van der Waals surface area contributed by atoms with Crippen molar-refractivity contribution in [1.29, 1.82) is 0 Å². The number of methoxy groups -OCH3 is 1. The third-order valence-electron chi connectivity index (χ3n) is 11.6. The highest BCUT2D eigenvalue weighted by Crippen LogP contribution is 2.68. The molecule has 0 radical (unpaired) electrons. The summed E-state index contributed by atoms with van der Waals surface area (Å²) in [5, 5.41) is 34.2. The SMILES string of the molecule is CO[C@H]1C[C@H](O[C@H]2CC[C@]3(C)C4=C(O)C(=O)[C@]5(C)[C@@H](C6=CC(=O)OC6)CC[C@]5(O)C4CCC3C2)O[C@@H](C)[C@@H]1O. The first-order valence-electron chi connectivity index (χ1n) is 14.5. The lowest BCUT2D eigenvalue weighted by Gasteiger charge is -2.59. The molecule has 0 aromatic heterocycles. The van der Waals surface area contributed by atoms with E-state index in [1.54, 1.807) is 14.0 Å². The molecule has 6 aliphatic rings. The van der Waals surface area contributed by atoms with Gasteiger partial charge in [0, 0.05) is 25.5 Å². The van der Waals surface area contributed by atoms with E-state index in [0.717, 1.165) is 36.8 Å². The van der Waals surface area contributed by atoms with E-state index in [2.05, 4.69) is 6.92 Å². The molecule has 9 heteroatoms. The van der Waals surface area contributed by atoms with Gasteiger partial charge in [-0.05, 0) is 87.2 Å². The summed E-state index contributed by atoms with van der Waals surface area (Å²) in [4.78, 5) is 25.8. The number of esters is 1. The van der Waals surface area contributed by atoms with Crippen molar-refractivity contribution in [1.82, 2.24) is 0 Å². The minimum absolute atomic E-state index is 0.0392. The van der Waals surface area contributed by atoms with Gasteiger partial charge in [0.2, 0.25) is 5.78 Å². The van der Waals surface area contributed by atoms with Gasteiger partial charge in [-0.25, -0.2) is 4.79 Å². The number of hydrogen-bond donors (Lipinski definition) is 3. The van der Waals surface area contributed by atoms with Crippen LogP contribution in [0.4, 0.5) is 0 Å². The van der Waals surface area contributed by atoms with Gasteiger partial charge in [0.05, 0.1) is 29.3 Å². The number of ketones is 1. The second kappa shape index (κ2) is 9.38. The number of carbonyl (C=O) groups excluding carboxylic acids is 2. The predicted molar refractivity (Wildman–Crippen MR) is 138 cm³/mol. The summed E-state index contributed by atoms with van der Waals surface area (Å²) in [6.07, 6.45) is 4.81. The van der Waals surface area contributed by atoms with E-state index in [9.17, 15) is 24.9 Å². The molecule has 0 aromatic carbocycles. The fourth-order valence-corrected chi connectivity index (χ4v) is 9.26. The highest BCUT2D eigenvalue weighted by molar-refractivity contribution is 6.02. The summed E-state index contributed by atoms with van der Waals surface area (Å²) < 4.78 is 22.9. The summed E-state index contributed by atoms with van der Waals surface area (Å²) in [6.45, 7) is 5.87. The van der Waals surface area contributed by atoms with Crippen LogP contribution in [0.2, 0.25) is 0 Å². The summed E-state index contributed by atoms with van der Waals surface area (Å²) >= 11 is 0. The van der Waals surface area contributed by atoms with Gasteiger partial charge in [-0.15, -0.1) is 0 Å². The van der Waals surface area contributed by atoms with E-state index in [1.807, 2.05) is 6.92 Å². The van der Waals surface area contributed by atoms with Crippen LogP contribution >= 0.6 is 0 Å². The number of carbonyl (C=O) groups is 2. The average molecular weight is 547 g/mol. The summed E-state index contributed by atoms with van der Waals surface area (Å²) in [5.74, 6) is -1.47. The first-order valence-corrected chi connectivity index (χ1v) is 14.5. The maximum Gasteiger partial charge on any atom is 0.331 e. The fraction of sp³-hybridized carbons (Fsp3) is 0.800. The molecule has 0 spiro atoms. The quantitative estimate of drug-likeness (QED) is 0.359. The van der Waals surface area contributed by atoms with Crippen LogP contribution < -0.4 is 0 Å². The number of aliphatic hydroxyl groups is 3. The largest absolute Gasteiger partial charge is 0.504 e. The molecule has 0 amide bonds. The van der Waals surface area contributed by atoms with Crippen molar-refractivity contribution in [3.8, 4) is 0 Å². The van der Waals surface area contributed by atoms with E-state index in [0.29, 0.717) is 25.7 Å². The number of ether oxygens (including phenoxy) is 4. The third-order valence-corrected chi connectivity index (χ3v) is 11.6. The Morgan fingerprint density at radius 1 is 1.05 bits per heavy atom. The van der Waals surface area contributed by atoms with Crippen LogP contribution in [0, 0.1) is 28.6 Å². The molecule has 6 rings (SSSR count). The molecule has 2 heterocycles. The number of aliphatic hydroxyl groups excluding tert-OH is 2. The highest BCUT2D eigenvalue weighted by Gasteiger charge is 2.71. The molecule has 0 aromatic rings. The van der Waals surface area contributed by atoms with Crippen molar-refractivity contribution < 1.29 is 43.9 Å². The van der Waals surface area contributed by atoms with Crippen LogP contribution in [0.3, 0.4) is 0 Å². The Morgan fingerprint density at radius 2 is 1.82 bits per heavy atom. The second-order valence-electron chi connectivity index (χ2n) is 13.2. The molecular weight excluding hydrogens is 504 g/mol. The first kappa shape index (κ1) is 27.4. The summed E-state index contributed by atoms with van der Waals surface area (Å²) in [5.41, 5.74) is -1.45. The molecule has 3 N–H and O–H groups in total. The van der Waals surface area contributed by atoms with E-state index in [4.69, 9.17) is 18.9 Å². The zero-order valence-corrected chi connectivity index (χ0v) is 23.4. The molecule has 4 fully saturated rings. The van der Waals surface area contributed by atoms with E-state index >= 15 is 0 Å². The zero-order valence-electron chi connectivity index (χ0n) is 23.4. The molecule has 2 aliphatic heterocycles. The van der Waals surface area contributed by atoms with Crippen molar-refractivity contribution in [3.63, 3.8) is 0 Å². The molecule has 1 saturated heterocycles. The second-order valence-corrected chi connectivity index (χ2v) is 13.2. The van der Waals surface area contributed by atoms with Crippen LogP contribution in [-0.2, 0) is 28.5 Å². The van der Waals surface area contributed by atoms with Gasteiger partial charge >= 0.3 is 5.97 Å². The Bertz CT molecular complexity index is 1110. The lowest BCUT2D eigenvalue weighted by molar-refractivity contribution is -0.269. The maximum atomic E-state index is 14.0. The number of rotatable bonds is 4. The van der Waals surface area contributed by atoms with Gasteiger partial charge in [-0.1, -0.05) is 6.92 Å². The van der Waals surface area contributed by atoms with E-state index < -0.39 is 40.6 Å². The average Bonchev–Trinajstić information content (AvgIpc) is 3.45. The normalized spacial score (nSPS) is 49.7. The van der Waals surface area contributed by atoms with Crippen molar-refractivity contribution in [3.05, 3.63) is 23.0 Å². The molecule has 0 bridgehead atoms. The van der Waals surface area contributed by atoms with Crippen LogP contribution in [-0.4, -0.2) is 77.1 Å². The molecule has 39 heavy (non-hydrogen) atoms. The van der Waals surface area contributed by atoms with Crippen molar-refractivity contribution >= 4 is 11.8 Å². The Labute approximate surface area is 229 Å². The van der Waals surface area contributed by atoms with Crippen molar-refractivity contribution in [2.24, 2.45) is 28.6 Å².